The van der Waals surface area contributed by atoms with Crippen molar-refractivity contribution in [3.63, 3.8) is 0 Å². The average molecular weight is 292 g/mol. The number of aryl methyl sites for hydroxylation is 3. The summed E-state index contributed by atoms with van der Waals surface area (Å²) in [5, 5.41) is 0. The van der Waals surface area contributed by atoms with E-state index >= 15 is 0 Å². The second-order valence-electron chi connectivity index (χ2n) is 6.22. The largest absolute Gasteiger partial charge is 0.318 e. The minimum Gasteiger partial charge on any atom is -0.318 e. The van der Waals surface area contributed by atoms with Gasteiger partial charge in [0.1, 0.15) is 7.80 Å². The molecule has 0 amide bonds. The SMILES string of the molecule is Cc1cc(C)c(C(=O)[PH](=O)CCC2CCCC2)c(C)c1. The van der Waals surface area contributed by atoms with Crippen molar-refractivity contribution in [2.75, 3.05) is 6.16 Å². The van der Waals surface area contributed by atoms with Crippen LogP contribution in [0.5, 0.6) is 0 Å². The fourth-order valence-corrected chi connectivity index (χ4v) is 5.00. The third-order valence-electron chi connectivity index (χ3n) is 4.41. The molecule has 20 heavy (non-hydrogen) atoms. The Labute approximate surface area is 122 Å². The number of carbonyl (C=O) groups is 1. The average Bonchev–Trinajstić information content (AvgIpc) is 2.87. The van der Waals surface area contributed by atoms with E-state index in [-0.39, 0.29) is 5.52 Å². The Morgan fingerprint density at radius 3 is 2.25 bits per heavy atom. The first kappa shape index (κ1) is 15.5. The Balaban J connectivity index is 2.04. The van der Waals surface area contributed by atoms with Gasteiger partial charge in [-0.2, -0.15) is 0 Å². The zero-order valence-corrected chi connectivity index (χ0v) is 13.8. The smallest absolute Gasteiger partial charge is 0.219 e. The van der Waals surface area contributed by atoms with E-state index in [0.717, 1.165) is 23.1 Å². The number of hydrogen-bond donors (Lipinski definition) is 0. The molecule has 1 fully saturated rings. The monoisotopic (exact) mass is 292 g/mol. The van der Waals surface area contributed by atoms with Gasteiger partial charge in [0.15, 0.2) is 0 Å². The molecule has 1 aliphatic rings. The van der Waals surface area contributed by atoms with E-state index in [4.69, 9.17) is 0 Å². The summed E-state index contributed by atoms with van der Waals surface area (Å²) < 4.78 is 12.3. The van der Waals surface area contributed by atoms with Crippen LogP contribution in [0.3, 0.4) is 0 Å². The molecule has 0 saturated heterocycles. The highest BCUT2D eigenvalue weighted by atomic mass is 31.1. The first-order valence-corrected chi connectivity index (χ1v) is 9.26. The molecule has 0 heterocycles. The van der Waals surface area contributed by atoms with Crippen molar-refractivity contribution in [1.82, 2.24) is 0 Å². The molecule has 1 atom stereocenters. The van der Waals surface area contributed by atoms with Crippen LogP contribution < -0.4 is 0 Å². The highest BCUT2D eigenvalue weighted by molar-refractivity contribution is 7.64. The molecule has 0 aliphatic heterocycles. The molecule has 2 nitrogen and oxygen atoms in total. The lowest BCUT2D eigenvalue weighted by Gasteiger charge is -2.12. The normalized spacial score (nSPS) is 17.4. The van der Waals surface area contributed by atoms with Gasteiger partial charge in [0.2, 0.25) is 5.52 Å². The van der Waals surface area contributed by atoms with Crippen LogP contribution in [-0.4, -0.2) is 11.7 Å². The van der Waals surface area contributed by atoms with Gasteiger partial charge < -0.3 is 4.57 Å². The van der Waals surface area contributed by atoms with Crippen molar-refractivity contribution >= 4 is 13.3 Å². The van der Waals surface area contributed by atoms with Gasteiger partial charge in [0.05, 0.1) is 0 Å². The van der Waals surface area contributed by atoms with Crippen molar-refractivity contribution in [2.24, 2.45) is 5.92 Å². The second kappa shape index (κ2) is 6.72. The van der Waals surface area contributed by atoms with Crippen LogP contribution in [0.4, 0.5) is 0 Å². The summed E-state index contributed by atoms with van der Waals surface area (Å²) in [5.41, 5.74) is 3.68. The minimum atomic E-state index is -2.15. The maximum atomic E-state index is 12.4. The predicted octanol–water partition coefficient (Wildman–Crippen LogP) is 4.89. The zero-order chi connectivity index (χ0) is 14.7. The van der Waals surface area contributed by atoms with Crippen LogP contribution >= 0.6 is 7.80 Å². The van der Waals surface area contributed by atoms with Crippen molar-refractivity contribution in [1.29, 1.82) is 0 Å². The fourth-order valence-electron chi connectivity index (χ4n) is 3.43. The topological polar surface area (TPSA) is 34.1 Å². The molecule has 0 aromatic heterocycles. The van der Waals surface area contributed by atoms with Crippen molar-refractivity contribution in [2.45, 2.75) is 52.9 Å². The van der Waals surface area contributed by atoms with Gasteiger partial charge >= 0.3 is 0 Å². The predicted molar refractivity (Wildman–Crippen MR) is 85.4 cm³/mol. The second-order valence-corrected chi connectivity index (χ2v) is 8.02. The summed E-state index contributed by atoms with van der Waals surface area (Å²) in [7, 11) is -2.15. The summed E-state index contributed by atoms with van der Waals surface area (Å²) in [6, 6.07) is 4.01. The first-order valence-electron chi connectivity index (χ1n) is 7.64. The Hall–Kier alpha value is -0.880. The van der Waals surface area contributed by atoms with E-state index in [0.29, 0.717) is 17.6 Å². The number of benzene rings is 1. The molecular weight excluding hydrogens is 267 g/mol. The molecule has 1 saturated carbocycles. The van der Waals surface area contributed by atoms with Crippen LogP contribution in [0, 0.1) is 26.7 Å². The summed E-state index contributed by atoms with van der Waals surface area (Å²) in [4.78, 5) is 12.4. The number of rotatable bonds is 5. The van der Waals surface area contributed by atoms with Gasteiger partial charge in [0.25, 0.3) is 0 Å². The molecule has 1 aliphatic carbocycles. The standard InChI is InChI=1S/C17H25O2P/c1-12-10-13(2)16(14(3)11-12)17(18)20(19)9-8-15-6-4-5-7-15/h10-11,15,20H,4-9H2,1-3H3. The maximum absolute atomic E-state index is 12.4. The van der Waals surface area contributed by atoms with Crippen LogP contribution in [-0.2, 0) is 4.57 Å². The molecule has 0 N–H and O–H groups in total. The first-order chi connectivity index (χ1) is 9.49. The van der Waals surface area contributed by atoms with Gasteiger partial charge in [-0.3, -0.25) is 4.79 Å². The third kappa shape index (κ3) is 3.61. The lowest BCUT2D eigenvalue weighted by molar-refractivity contribution is 0.107. The summed E-state index contributed by atoms with van der Waals surface area (Å²) >= 11 is 0. The molecule has 110 valence electrons. The quantitative estimate of drug-likeness (QED) is 0.724. The number of carbonyl (C=O) groups excluding carboxylic acids is 1. The molecule has 0 spiro atoms. The third-order valence-corrected chi connectivity index (χ3v) is 5.91. The Bertz CT molecular complexity index is 505. The molecule has 1 unspecified atom stereocenters. The Morgan fingerprint density at radius 1 is 1.15 bits per heavy atom. The molecule has 2 rings (SSSR count). The van der Waals surface area contributed by atoms with Crippen LogP contribution in [0.1, 0.15) is 59.2 Å². The fraction of sp³-hybridized carbons (Fsp3) is 0.588. The Morgan fingerprint density at radius 2 is 1.70 bits per heavy atom. The van der Waals surface area contributed by atoms with Crippen molar-refractivity contribution in [3.8, 4) is 0 Å². The Kier molecular flexibility index (Phi) is 5.21. The van der Waals surface area contributed by atoms with E-state index in [9.17, 15) is 9.36 Å². The minimum absolute atomic E-state index is 0.108. The zero-order valence-electron chi connectivity index (χ0n) is 12.8. The van der Waals surface area contributed by atoms with Gasteiger partial charge in [-0.25, -0.2) is 0 Å². The summed E-state index contributed by atoms with van der Waals surface area (Å²) in [6.45, 7) is 5.91. The molecule has 1 aromatic carbocycles. The van der Waals surface area contributed by atoms with Gasteiger partial charge in [0, 0.05) is 11.7 Å². The van der Waals surface area contributed by atoms with E-state index < -0.39 is 7.80 Å². The van der Waals surface area contributed by atoms with Crippen molar-refractivity contribution in [3.05, 3.63) is 34.4 Å². The highest BCUT2D eigenvalue weighted by Gasteiger charge is 2.21. The van der Waals surface area contributed by atoms with E-state index in [2.05, 4.69) is 0 Å². The maximum Gasteiger partial charge on any atom is 0.219 e. The van der Waals surface area contributed by atoms with E-state index in [1.165, 1.54) is 25.7 Å². The molecule has 0 bridgehead atoms. The molecular formula is C17H25O2P. The van der Waals surface area contributed by atoms with Crippen LogP contribution in [0.15, 0.2) is 12.1 Å². The molecule has 1 aromatic rings. The molecule has 0 radical (unpaired) electrons. The van der Waals surface area contributed by atoms with Crippen LogP contribution in [0.25, 0.3) is 0 Å². The summed E-state index contributed by atoms with van der Waals surface area (Å²) in [5.74, 6) is 0.706. The van der Waals surface area contributed by atoms with Crippen LogP contribution in [0.2, 0.25) is 0 Å². The van der Waals surface area contributed by atoms with Gasteiger partial charge in [-0.1, -0.05) is 43.4 Å². The van der Waals surface area contributed by atoms with E-state index in [1.54, 1.807) is 0 Å². The lowest BCUT2D eigenvalue weighted by Crippen LogP contribution is -2.04. The number of hydrogen-bond acceptors (Lipinski definition) is 2. The van der Waals surface area contributed by atoms with Gasteiger partial charge in [-0.15, -0.1) is 0 Å². The van der Waals surface area contributed by atoms with E-state index in [1.807, 2.05) is 32.9 Å². The van der Waals surface area contributed by atoms with Crippen molar-refractivity contribution < 1.29 is 9.36 Å². The van der Waals surface area contributed by atoms with Gasteiger partial charge in [-0.05, 0) is 44.2 Å². The molecule has 3 heteroatoms. The lowest BCUT2D eigenvalue weighted by atomic mass is 10.0. The highest BCUT2D eigenvalue weighted by Crippen LogP contribution is 2.35. The summed E-state index contributed by atoms with van der Waals surface area (Å²) in [6.07, 6.45) is 6.68.